The lowest BCUT2D eigenvalue weighted by Crippen LogP contribution is -2.01. The zero-order chi connectivity index (χ0) is 13.9. The zero-order valence-corrected chi connectivity index (χ0v) is 11.9. The number of para-hydroxylation sites is 2. The van der Waals surface area contributed by atoms with Crippen LogP contribution in [0.25, 0.3) is 11.1 Å². The van der Waals surface area contributed by atoms with E-state index in [9.17, 15) is 0 Å². The van der Waals surface area contributed by atoms with Gasteiger partial charge < -0.3 is 10.2 Å². The summed E-state index contributed by atoms with van der Waals surface area (Å²) >= 11 is 1.39. The molecule has 3 rings (SSSR count). The van der Waals surface area contributed by atoms with Crippen molar-refractivity contribution in [2.24, 2.45) is 0 Å². The molecule has 2 heterocycles. The molecule has 0 aliphatic heterocycles. The Labute approximate surface area is 120 Å². The molecule has 0 saturated heterocycles. The van der Waals surface area contributed by atoms with Gasteiger partial charge in [-0.25, -0.2) is 15.0 Å². The molecule has 5 nitrogen and oxygen atoms in total. The molecule has 0 aliphatic rings. The van der Waals surface area contributed by atoms with Gasteiger partial charge in [-0.15, -0.1) is 0 Å². The van der Waals surface area contributed by atoms with Crippen LogP contribution in [0.5, 0.6) is 0 Å². The fourth-order valence-corrected chi connectivity index (χ4v) is 2.83. The van der Waals surface area contributed by atoms with Gasteiger partial charge >= 0.3 is 0 Å². The number of nitrogens with zero attached hydrogens (tertiary/aromatic N) is 3. The van der Waals surface area contributed by atoms with Gasteiger partial charge in [0, 0.05) is 5.56 Å². The van der Waals surface area contributed by atoms with Gasteiger partial charge in [-0.05, 0) is 30.3 Å². The Morgan fingerprint density at radius 2 is 2.10 bits per heavy atom. The van der Waals surface area contributed by atoms with Crippen LogP contribution >= 0.6 is 11.8 Å². The van der Waals surface area contributed by atoms with E-state index in [1.807, 2.05) is 24.3 Å². The van der Waals surface area contributed by atoms with Crippen LogP contribution in [-0.2, 0) is 6.42 Å². The summed E-state index contributed by atoms with van der Waals surface area (Å²) in [5.74, 6) is 0.528. The Morgan fingerprint density at radius 3 is 2.90 bits per heavy atom. The number of anilines is 1. The zero-order valence-electron chi connectivity index (χ0n) is 11.0. The Bertz CT molecular complexity index is 708. The van der Waals surface area contributed by atoms with E-state index in [1.165, 1.54) is 18.1 Å². The minimum atomic E-state index is 0.528. The van der Waals surface area contributed by atoms with Crippen molar-refractivity contribution in [1.82, 2.24) is 15.0 Å². The first-order valence-corrected chi connectivity index (χ1v) is 7.22. The Balaban J connectivity index is 1.96. The standard InChI is InChI=1S/C14H14N4OS/c1-2-5-9-12(15)16-8-17-13(9)20-14-18-10-6-3-4-7-11(10)19-14/h3-4,6-8H,2,5H2,1H3,(H2,15,16,17). The third kappa shape index (κ3) is 2.46. The number of nitrogens with two attached hydrogens (primary N) is 1. The summed E-state index contributed by atoms with van der Waals surface area (Å²) in [5, 5.41) is 1.38. The van der Waals surface area contributed by atoms with Gasteiger partial charge in [-0.3, -0.25) is 0 Å². The molecule has 3 aromatic rings. The molecule has 0 spiro atoms. The molecule has 0 aliphatic carbocycles. The van der Waals surface area contributed by atoms with Crippen LogP contribution in [0.15, 0.2) is 45.3 Å². The number of fused-ring (bicyclic) bond motifs is 1. The fraction of sp³-hybridized carbons (Fsp3) is 0.214. The summed E-state index contributed by atoms with van der Waals surface area (Å²) in [6.45, 7) is 2.10. The van der Waals surface area contributed by atoms with Gasteiger partial charge in [0.2, 0.25) is 0 Å². The minimum Gasteiger partial charge on any atom is -0.431 e. The predicted molar refractivity (Wildman–Crippen MR) is 78.6 cm³/mol. The molecule has 6 heteroatoms. The minimum absolute atomic E-state index is 0.528. The maximum Gasteiger partial charge on any atom is 0.263 e. The average molecular weight is 286 g/mol. The summed E-state index contributed by atoms with van der Waals surface area (Å²) in [5.41, 5.74) is 8.50. The van der Waals surface area contributed by atoms with Crippen LogP contribution in [0.4, 0.5) is 5.82 Å². The highest BCUT2D eigenvalue weighted by atomic mass is 32.2. The molecular formula is C14H14N4OS. The van der Waals surface area contributed by atoms with Crippen molar-refractivity contribution in [1.29, 1.82) is 0 Å². The number of hydrogen-bond donors (Lipinski definition) is 1. The molecular weight excluding hydrogens is 272 g/mol. The maximum atomic E-state index is 5.92. The third-order valence-corrected chi connectivity index (χ3v) is 3.79. The molecule has 102 valence electrons. The Morgan fingerprint density at radius 1 is 1.25 bits per heavy atom. The van der Waals surface area contributed by atoms with Crippen LogP contribution in [0.2, 0.25) is 0 Å². The van der Waals surface area contributed by atoms with Crippen LogP contribution in [-0.4, -0.2) is 15.0 Å². The average Bonchev–Trinajstić information content (AvgIpc) is 2.85. The Kier molecular flexibility index (Phi) is 3.56. The lowest BCUT2D eigenvalue weighted by molar-refractivity contribution is 0.489. The Hall–Kier alpha value is -2.08. The highest BCUT2D eigenvalue weighted by Gasteiger charge is 2.13. The lowest BCUT2D eigenvalue weighted by atomic mass is 10.2. The van der Waals surface area contributed by atoms with E-state index in [1.54, 1.807) is 0 Å². The SMILES string of the molecule is CCCc1c(N)ncnc1Sc1nc2ccccc2o1. The van der Waals surface area contributed by atoms with Crippen molar-refractivity contribution < 1.29 is 4.42 Å². The lowest BCUT2D eigenvalue weighted by Gasteiger charge is -2.06. The van der Waals surface area contributed by atoms with E-state index in [-0.39, 0.29) is 0 Å². The summed E-state index contributed by atoms with van der Waals surface area (Å²) in [4.78, 5) is 12.8. The number of benzene rings is 1. The largest absolute Gasteiger partial charge is 0.431 e. The molecule has 1 aromatic carbocycles. The quantitative estimate of drug-likeness (QED) is 0.741. The topological polar surface area (TPSA) is 77.8 Å². The van der Waals surface area contributed by atoms with E-state index in [4.69, 9.17) is 10.2 Å². The second-order valence-corrected chi connectivity index (χ2v) is 5.28. The van der Waals surface area contributed by atoms with Crippen molar-refractivity contribution in [3.05, 3.63) is 36.2 Å². The van der Waals surface area contributed by atoms with Gasteiger partial charge in [-0.2, -0.15) is 0 Å². The maximum absolute atomic E-state index is 5.92. The van der Waals surface area contributed by atoms with Crippen molar-refractivity contribution in [3.8, 4) is 0 Å². The van der Waals surface area contributed by atoms with Gasteiger partial charge in [0.05, 0.1) is 0 Å². The third-order valence-electron chi connectivity index (χ3n) is 2.90. The summed E-state index contributed by atoms with van der Waals surface area (Å²) in [7, 11) is 0. The van der Waals surface area contributed by atoms with Gasteiger partial charge in [0.1, 0.15) is 22.7 Å². The number of nitrogen functional groups attached to an aromatic ring is 1. The van der Waals surface area contributed by atoms with Crippen molar-refractivity contribution in [3.63, 3.8) is 0 Å². The van der Waals surface area contributed by atoms with Crippen molar-refractivity contribution in [2.75, 3.05) is 5.73 Å². The summed E-state index contributed by atoms with van der Waals surface area (Å²) < 4.78 is 5.70. The predicted octanol–water partition coefficient (Wildman–Crippen LogP) is 3.30. The first kappa shape index (κ1) is 12.9. The monoisotopic (exact) mass is 286 g/mol. The van der Waals surface area contributed by atoms with Crippen LogP contribution < -0.4 is 5.73 Å². The van der Waals surface area contributed by atoms with Crippen LogP contribution in [0.1, 0.15) is 18.9 Å². The molecule has 0 fully saturated rings. The summed E-state index contributed by atoms with van der Waals surface area (Å²) in [6.07, 6.45) is 3.30. The molecule has 0 unspecified atom stereocenters. The van der Waals surface area contributed by atoms with E-state index in [2.05, 4.69) is 21.9 Å². The fourth-order valence-electron chi connectivity index (χ4n) is 1.96. The number of rotatable bonds is 4. The molecule has 2 aromatic heterocycles. The second kappa shape index (κ2) is 5.50. The van der Waals surface area contributed by atoms with Gasteiger partial charge in [-0.1, -0.05) is 25.5 Å². The van der Waals surface area contributed by atoms with Gasteiger partial charge in [0.15, 0.2) is 5.58 Å². The van der Waals surface area contributed by atoms with Gasteiger partial charge in [0.25, 0.3) is 5.22 Å². The van der Waals surface area contributed by atoms with E-state index >= 15 is 0 Å². The van der Waals surface area contributed by atoms with E-state index in [0.29, 0.717) is 11.0 Å². The molecule has 0 amide bonds. The molecule has 2 N–H and O–H groups in total. The highest BCUT2D eigenvalue weighted by Crippen LogP contribution is 2.32. The summed E-state index contributed by atoms with van der Waals surface area (Å²) in [6, 6.07) is 7.68. The number of hydrogen-bond acceptors (Lipinski definition) is 6. The van der Waals surface area contributed by atoms with E-state index in [0.717, 1.165) is 34.5 Å². The van der Waals surface area contributed by atoms with Crippen molar-refractivity contribution in [2.45, 2.75) is 30.0 Å². The highest BCUT2D eigenvalue weighted by molar-refractivity contribution is 7.99. The second-order valence-electron chi connectivity index (χ2n) is 4.34. The van der Waals surface area contributed by atoms with E-state index < -0.39 is 0 Å². The van der Waals surface area contributed by atoms with Crippen LogP contribution in [0, 0.1) is 0 Å². The first-order valence-electron chi connectivity index (χ1n) is 6.40. The first-order chi connectivity index (χ1) is 9.78. The normalized spacial score (nSPS) is 11.1. The number of aromatic nitrogens is 3. The molecule has 0 atom stereocenters. The molecule has 20 heavy (non-hydrogen) atoms. The molecule has 0 saturated carbocycles. The number of oxazole rings is 1. The van der Waals surface area contributed by atoms with Crippen molar-refractivity contribution >= 4 is 28.7 Å². The molecule has 0 bridgehead atoms. The van der Waals surface area contributed by atoms with Crippen LogP contribution in [0.3, 0.4) is 0 Å². The molecule has 0 radical (unpaired) electrons. The smallest absolute Gasteiger partial charge is 0.263 e.